The Kier molecular flexibility index (Phi) is 8.01. The largest absolute Gasteiger partial charge is 0.480 e. The van der Waals surface area contributed by atoms with Gasteiger partial charge in [0.25, 0.3) is 0 Å². The van der Waals surface area contributed by atoms with Crippen LogP contribution in [-0.4, -0.2) is 62.1 Å². The number of hydrogen-bond donors (Lipinski definition) is 1. The van der Waals surface area contributed by atoms with Crippen molar-refractivity contribution in [2.45, 2.75) is 72.1 Å². The van der Waals surface area contributed by atoms with Gasteiger partial charge in [-0.3, -0.25) is 9.59 Å². The third-order valence-corrected chi connectivity index (χ3v) is 5.96. The number of carbonyl (C=O) groups excluding carboxylic acids is 2. The number of aromatic nitrogens is 2. The molecule has 0 unspecified atom stereocenters. The van der Waals surface area contributed by atoms with Gasteiger partial charge in [0.05, 0.1) is 24.6 Å². The molecule has 3 rings (SSSR count). The summed E-state index contributed by atoms with van der Waals surface area (Å²) >= 11 is 0. The molecule has 2 heterocycles. The van der Waals surface area contributed by atoms with Crippen LogP contribution < -0.4 is 4.74 Å². The number of likely N-dealkylation sites (tertiary alicyclic amines) is 1. The molecule has 1 aliphatic rings. The molecule has 1 aromatic heterocycles. The zero-order valence-electron chi connectivity index (χ0n) is 21.7. The summed E-state index contributed by atoms with van der Waals surface area (Å²) in [6.45, 7) is 10.9. The number of ether oxygens (including phenoxy) is 2. The van der Waals surface area contributed by atoms with Crippen molar-refractivity contribution in [3.05, 3.63) is 42.7 Å². The molecule has 0 spiro atoms. The van der Waals surface area contributed by atoms with Crippen LogP contribution in [0.3, 0.4) is 0 Å². The van der Waals surface area contributed by atoms with Crippen LogP contribution in [0.25, 0.3) is 11.3 Å². The Labute approximate surface area is 211 Å². The van der Waals surface area contributed by atoms with E-state index < -0.39 is 46.9 Å². The van der Waals surface area contributed by atoms with Crippen LogP contribution in [0, 0.1) is 11.3 Å². The number of hydrogen-bond acceptors (Lipinski definition) is 7. The Bertz CT molecular complexity index is 1090. The Morgan fingerprint density at radius 2 is 1.75 bits per heavy atom. The molecule has 9 nitrogen and oxygen atoms in total. The summed E-state index contributed by atoms with van der Waals surface area (Å²) < 4.78 is 11.4. The van der Waals surface area contributed by atoms with Crippen LogP contribution in [0.15, 0.2) is 42.7 Å². The second kappa shape index (κ2) is 10.6. The quantitative estimate of drug-likeness (QED) is 0.571. The van der Waals surface area contributed by atoms with Crippen molar-refractivity contribution >= 4 is 17.8 Å². The fraction of sp³-hybridized carbons (Fsp3) is 0.519. The second-order valence-corrected chi connectivity index (χ2v) is 11.1. The monoisotopic (exact) mass is 497 g/mol. The van der Waals surface area contributed by atoms with E-state index in [0.717, 1.165) is 5.56 Å². The van der Waals surface area contributed by atoms with E-state index in [1.54, 1.807) is 26.8 Å². The summed E-state index contributed by atoms with van der Waals surface area (Å²) in [6.07, 6.45) is 0.784. The molecule has 2 aromatic rings. The molecule has 1 amide bonds. The minimum absolute atomic E-state index is 0.0708. The summed E-state index contributed by atoms with van der Waals surface area (Å²) in [7, 11) is 0. The van der Waals surface area contributed by atoms with Crippen molar-refractivity contribution in [3.63, 3.8) is 0 Å². The fourth-order valence-corrected chi connectivity index (χ4v) is 4.22. The van der Waals surface area contributed by atoms with E-state index in [9.17, 15) is 19.5 Å². The molecule has 1 aromatic carbocycles. The highest BCUT2D eigenvalue weighted by molar-refractivity contribution is 5.89. The number of carbonyl (C=O) groups is 3. The van der Waals surface area contributed by atoms with Gasteiger partial charge < -0.3 is 19.5 Å². The Hall–Kier alpha value is -3.49. The van der Waals surface area contributed by atoms with Crippen LogP contribution in [-0.2, 0) is 19.1 Å². The number of benzene rings is 1. The van der Waals surface area contributed by atoms with Gasteiger partial charge in [-0.2, -0.15) is 0 Å². The standard InChI is InChI=1S/C27H35N3O6/c1-26(2,3)19(13-23(31)36-27(4,5)6)24(32)30-15-18(12-21(30)25(33)34)35-22-14-20(28-16-29-22)17-10-8-7-9-11-17/h7-11,14,16,18-19,21H,12-13,15H2,1-6H3,(H,33,34)/t18-,19-,21+/m1/s1. The highest BCUT2D eigenvalue weighted by atomic mass is 16.6. The first-order valence-electron chi connectivity index (χ1n) is 12.0. The predicted octanol–water partition coefficient (Wildman–Crippen LogP) is 3.97. The molecule has 36 heavy (non-hydrogen) atoms. The minimum Gasteiger partial charge on any atom is -0.480 e. The maximum absolute atomic E-state index is 13.6. The minimum atomic E-state index is -1.12. The average molecular weight is 498 g/mol. The summed E-state index contributed by atoms with van der Waals surface area (Å²) in [5, 5.41) is 9.86. The highest BCUT2D eigenvalue weighted by Crippen LogP contribution is 2.34. The Morgan fingerprint density at radius 3 is 2.33 bits per heavy atom. The maximum Gasteiger partial charge on any atom is 0.326 e. The van der Waals surface area contributed by atoms with Gasteiger partial charge in [0, 0.05) is 18.1 Å². The van der Waals surface area contributed by atoms with E-state index in [2.05, 4.69) is 9.97 Å². The summed E-state index contributed by atoms with van der Waals surface area (Å²) in [6, 6.07) is 10.2. The lowest BCUT2D eigenvalue weighted by Gasteiger charge is -2.34. The first-order valence-corrected chi connectivity index (χ1v) is 12.0. The second-order valence-electron chi connectivity index (χ2n) is 11.1. The molecular formula is C27H35N3O6. The van der Waals surface area contributed by atoms with Crippen molar-refractivity contribution in [3.8, 4) is 17.1 Å². The first kappa shape index (κ1) is 27.1. The van der Waals surface area contributed by atoms with Gasteiger partial charge in [0.15, 0.2) is 0 Å². The molecule has 194 valence electrons. The highest BCUT2D eigenvalue weighted by Gasteiger charge is 2.46. The van der Waals surface area contributed by atoms with Crippen molar-refractivity contribution in [1.29, 1.82) is 0 Å². The molecule has 3 atom stereocenters. The summed E-state index contributed by atoms with van der Waals surface area (Å²) in [4.78, 5) is 48.0. The number of amides is 1. The molecule has 0 radical (unpaired) electrons. The zero-order chi connectivity index (χ0) is 26.7. The molecule has 9 heteroatoms. The van der Waals surface area contributed by atoms with Crippen LogP contribution >= 0.6 is 0 Å². The number of rotatable bonds is 7. The van der Waals surface area contributed by atoms with E-state index in [1.807, 2.05) is 51.1 Å². The lowest BCUT2D eigenvalue weighted by molar-refractivity contribution is -0.161. The molecule has 1 N–H and O–H groups in total. The smallest absolute Gasteiger partial charge is 0.326 e. The number of aliphatic carboxylic acids is 1. The van der Waals surface area contributed by atoms with E-state index >= 15 is 0 Å². The molecule has 1 fully saturated rings. The van der Waals surface area contributed by atoms with E-state index in [-0.39, 0.29) is 19.4 Å². The van der Waals surface area contributed by atoms with Gasteiger partial charge in [-0.05, 0) is 26.2 Å². The van der Waals surface area contributed by atoms with Crippen molar-refractivity contribution in [2.75, 3.05) is 6.54 Å². The summed E-state index contributed by atoms with van der Waals surface area (Å²) in [5.74, 6) is -2.47. The third-order valence-electron chi connectivity index (χ3n) is 5.96. The van der Waals surface area contributed by atoms with Crippen LogP contribution in [0.2, 0.25) is 0 Å². The lowest BCUT2D eigenvalue weighted by Crippen LogP contribution is -2.47. The normalized spacial score (nSPS) is 19.0. The molecule has 1 aliphatic heterocycles. The van der Waals surface area contributed by atoms with E-state index in [0.29, 0.717) is 11.6 Å². The Balaban J connectivity index is 1.78. The molecule has 0 saturated carbocycles. The van der Waals surface area contributed by atoms with Gasteiger partial charge in [-0.1, -0.05) is 51.1 Å². The van der Waals surface area contributed by atoms with Crippen LogP contribution in [0.1, 0.15) is 54.4 Å². The van der Waals surface area contributed by atoms with Crippen molar-refractivity contribution < 1.29 is 29.0 Å². The van der Waals surface area contributed by atoms with Gasteiger partial charge in [0.1, 0.15) is 24.1 Å². The van der Waals surface area contributed by atoms with E-state index in [1.165, 1.54) is 11.2 Å². The third kappa shape index (κ3) is 7.02. The first-order chi connectivity index (χ1) is 16.7. The Morgan fingerprint density at radius 1 is 1.08 bits per heavy atom. The lowest BCUT2D eigenvalue weighted by atomic mass is 9.77. The van der Waals surface area contributed by atoms with Gasteiger partial charge in [0.2, 0.25) is 11.8 Å². The molecule has 1 saturated heterocycles. The molecule has 0 aliphatic carbocycles. The summed E-state index contributed by atoms with van der Waals surface area (Å²) in [5.41, 5.74) is 0.292. The fourth-order valence-electron chi connectivity index (χ4n) is 4.22. The number of esters is 1. The topological polar surface area (TPSA) is 119 Å². The SMILES string of the molecule is CC(C)(C)OC(=O)C[C@H](C(=O)N1C[C@H](Oc2cc(-c3ccccc3)ncn2)C[C@H]1C(=O)O)C(C)(C)C. The molecular weight excluding hydrogens is 462 g/mol. The van der Waals surface area contributed by atoms with Crippen molar-refractivity contribution in [2.24, 2.45) is 11.3 Å². The van der Waals surface area contributed by atoms with Gasteiger partial charge in [-0.15, -0.1) is 0 Å². The average Bonchev–Trinajstić information content (AvgIpc) is 3.20. The predicted molar refractivity (Wildman–Crippen MR) is 133 cm³/mol. The zero-order valence-corrected chi connectivity index (χ0v) is 21.7. The van der Waals surface area contributed by atoms with Crippen molar-refractivity contribution in [1.82, 2.24) is 14.9 Å². The number of carboxylic acids is 1. The van der Waals surface area contributed by atoms with Crippen LogP contribution in [0.4, 0.5) is 0 Å². The number of nitrogens with zero attached hydrogens (tertiary/aromatic N) is 3. The number of carboxylic acid groups (broad SMARTS) is 1. The molecule has 0 bridgehead atoms. The van der Waals surface area contributed by atoms with Gasteiger partial charge in [-0.25, -0.2) is 14.8 Å². The van der Waals surface area contributed by atoms with Gasteiger partial charge >= 0.3 is 11.9 Å². The van der Waals surface area contributed by atoms with Crippen LogP contribution in [0.5, 0.6) is 5.88 Å². The van der Waals surface area contributed by atoms with E-state index in [4.69, 9.17) is 9.47 Å². The maximum atomic E-state index is 13.6.